The minimum atomic E-state index is 0.395. The number of hydrogen-bond acceptors (Lipinski definition) is 6. The second-order valence-corrected chi connectivity index (χ2v) is 4.65. The normalized spacial score (nSPS) is 15.7. The fourth-order valence-corrected chi connectivity index (χ4v) is 2.19. The van der Waals surface area contributed by atoms with Gasteiger partial charge in [-0.1, -0.05) is 11.6 Å². The highest BCUT2D eigenvalue weighted by Crippen LogP contribution is 2.29. The van der Waals surface area contributed by atoms with E-state index >= 15 is 0 Å². The second-order valence-electron chi connectivity index (χ2n) is 4.24. The number of hydrogen-bond donors (Lipinski definition) is 1. The summed E-state index contributed by atoms with van der Waals surface area (Å²) in [4.78, 5) is 6.38. The molecule has 2 N–H and O–H groups in total. The highest BCUT2D eigenvalue weighted by atomic mass is 35.5. The number of rotatable bonds is 2. The van der Waals surface area contributed by atoms with Gasteiger partial charge in [0.25, 0.3) is 11.8 Å². The van der Waals surface area contributed by atoms with E-state index in [2.05, 4.69) is 10.1 Å². The van der Waals surface area contributed by atoms with E-state index in [9.17, 15) is 0 Å². The Morgan fingerprint density at radius 3 is 2.79 bits per heavy atom. The molecule has 1 aliphatic heterocycles. The Balaban J connectivity index is 1.87. The molecule has 7 heteroatoms. The number of benzene rings is 1. The lowest BCUT2D eigenvalue weighted by molar-refractivity contribution is 0.121. The molecule has 0 spiro atoms. The van der Waals surface area contributed by atoms with Crippen LogP contribution in [0.25, 0.3) is 11.5 Å². The number of anilines is 2. The SMILES string of the molecule is Nc1ccc(-c2nc(N3CCOCC3)no2)c(Cl)c1. The quantitative estimate of drug-likeness (QED) is 0.846. The molecule has 1 fully saturated rings. The van der Waals surface area contributed by atoms with E-state index in [0.717, 1.165) is 13.1 Å². The molecule has 0 radical (unpaired) electrons. The van der Waals surface area contributed by atoms with E-state index in [1.165, 1.54) is 0 Å². The maximum atomic E-state index is 6.12. The number of morpholine rings is 1. The average molecular weight is 281 g/mol. The van der Waals surface area contributed by atoms with Crippen LogP contribution in [0.1, 0.15) is 0 Å². The van der Waals surface area contributed by atoms with E-state index < -0.39 is 0 Å². The predicted molar refractivity (Wildman–Crippen MR) is 72.2 cm³/mol. The van der Waals surface area contributed by atoms with Crippen LogP contribution in [-0.2, 0) is 4.74 Å². The van der Waals surface area contributed by atoms with Crippen LogP contribution < -0.4 is 10.6 Å². The molecule has 1 saturated heterocycles. The Hall–Kier alpha value is -1.79. The molecular weight excluding hydrogens is 268 g/mol. The van der Waals surface area contributed by atoms with Crippen LogP contribution in [0.15, 0.2) is 22.7 Å². The van der Waals surface area contributed by atoms with Crippen molar-refractivity contribution in [3.05, 3.63) is 23.2 Å². The first kappa shape index (κ1) is 12.3. The first-order valence-corrected chi connectivity index (χ1v) is 6.33. The van der Waals surface area contributed by atoms with Crippen LogP contribution in [0.2, 0.25) is 5.02 Å². The Labute approximate surface area is 115 Å². The zero-order valence-corrected chi connectivity index (χ0v) is 10.9. The maximum absolute atomic E-state index is 6.12. The van der Waals surface area contributed by atoms with Gasteiger partial charge in [-0.3, -0.25) is 0 Å². The average Bonchev–Trinajstić information content (AvgIpc) is 2.89. The van der Waals surface area contributed by atoms with Crippen molar-refractivity contribution in [3.8, 4) is 11.5 Å². The van der Waals surface area contributed by atoms with Gasteiger partial charge < -0.3 is 19.9 Å². The van der Waals surface area contributed by atoms with Gasteiger partial charge in [0.2, 0.25) is 0 Å². The van der Waals surface area contributed by atoms with Gasteiger partial charge in [0, 0.05) is 18.8 Å². The standard InChI is InChI=1S/C12H13ClN4O2/c13-10-7-8(14)1-2-9(10)11-15-12(16-19-11)17-3-5-18-6-4-17/h1-2,7H,3-6,14H2. The van der Waals surface area contributed by atoms with Gasteiger partial charge in [0.05, 0.1) is 23.8 Å². The molecule has 19 heavy (non-hydrogen) atoms. The predicted octanol–water partition coefficient (Wildman–Crippen LogP) is 1.81. The largest absolute Gasteiger partial charge is 0.399 e. The van der Waals surface area contributed by atoms with Gasteiger partial charge in [0.15, 0.2) is 0 Å². The molecule has 0 bridgehead atoms. The fourth-order valence-electron chi connectivity index (χ4n) is 1.92. The van der Waals surface area contributed by atoms with Crippen molar-refractivity contribution in [1.29, 1.82) is 0 Å². The smallest absolute Gasteiger partial charge is 0.266 e. The van der Waals surface area contributed by atoms with Gasteiger partial charge in [-0.25, -0.2) is 0 Å². The van der Waals surface area contributed by atoms with Crippen LogP contribution in [-0.4, -0.2) is 36.4 Å². The van der Waals surface area contributed by atoms with E-state index in [4.69, 9.17) is 26.6 Å². The van der Waals surface area contributed by atoms with Crippen LogP contribution >= 0.6 is 11.6 Å². The highest BCUT2D eigenvalue weighted by Gasteiger charge is 2.18. The number of aromatic nitrogens is 2. The van der Waals surface area contributed by atoms with Crippen molar-refractivity contribution in [2.75, 3.05) is 36.9 Å². The summed E-state index contributed by atoms with van der Waals surface area (Å²) in [5.41, 5.74) is 6.94. The third-order valence-corrected chi connectivity index (χ3v) is 3.25. The van der Waals surface area contributed by atoms with Gasteiger partial charge >= 0.3 is 0 Å². The molecule has 0 atom stereocenters. The molecule has 1 aromatic heterocycles. The lowest BCUT2D eigenvalue weighted by atomic mass is 10.2. The van der Waals surface area contributed by atoms with Crippen molar-refractivity contribution in [1.82, 2.24) is 10.1 Å². The summed E-state index contributed by atoms with van der Waals surface area (Å²) in [5, 5.41) is 4.47. The van der Waals surface area contributed by atoms with Crippen molar-refractivity contribution in [2.24, 2.45) is 0 Å². The minimum absolute atomic E-state index is 0.395. The Bertz CT molecular complexity index is 581. The Morgan fingerprint density at radius 2 is 2.05 bits per heavy atom. The number of nitrogens with two attached hydrogens (primary N) is 1. The molecular formula is C12H13ClN4O2. The molecule has 1 aromatic carbocycles. The van der Waals surface area contributed by atoms with Crippen molar-refractivity contribution >= 4 is 23.2 Å². The van der Waals surface area contributed by atoms with Gasteiger partial charge in [-0.05, 0) is 23.4 Å². The van der Waals surface area contributed by atoms with Crippen LogP contribution in [0, 0.1) is 0 Å². The molecule has 1 aliphatic rings. The minimum Gasteiger partial charge on any atom is -0.399 e. The van der Waals surface area contributed by atoms with Gasteiger partial charge in [-0.15, -0.1) is 0 Å². The molecule has 0 saturated carbocycles. The van der Waals surface area contributed by atoms with Crippen molar-refractivity contribution in [2.45, 2.75) is 0 Å². The van der Waals surface area contributed by atoms with E-state index in [0.29, 0.717) is 41.3 Å². The Morgan fingerprint density at radius 1 is 1.26 bits per heavy atom. The third-order valence-electron chi connectivity index (χ3n) is 2.93. The van der Waals surface area contributed by atoms with Crippen LogP contribution in [0.5, 0.6) is 0 Å². The summed E-state index contributed by atoms with van der Waals surface area (Å²) in [6.07, 6.45) is 0. The van der Waals surface area contributed by atoms with E-state index in [1.807, 2.05) is 4.90 Å². The topological polar surface area (TPSA) is 77.4 Å². The lowest BCUT2D eigenvalue weighted by Gasteiger charge is -2.24. The van der Waals surface area contributed by atoms with E-state index in [1.54, 1.807) is 18.2 Å². The fraction of sp³-hybridized carbons (Fsp3) is 0.333. The molecule has 0 amide bonds. The summed E-state index contributed by atoms with van der Waals surface area (Å²) < 4.78 is 10.5. The first-order valence-electron chi connectivity index (χ1n) is 5.96. The molecule has 2 aromatic rings. The summed E-state index contributed by atoms with van der Waals surface area (Å²) in [5.74, 6) is 0.956. The highest BCUT2D eigenvalue weighted by molar-refractivity contribution is 6.33. The third kappa shape index (κ3) is 2.50. The molecule has 6 nitrogen and oxygen atoms in total. The number of nitrogens with zero attached hydrogens (tertiary/aromatic N) is 3. The Kier molecular flexibility index (Phi) is 3.27. The van der Waals surface area contributed by atoms with Crippen molar-refractivity contribution < 1.29 is 9.26 Å². The van der Waals surface area contributed by atoms with Gasteiger partial charge in [0.1, 0.15) is 0 Å². The number of halogens is 1. The van der Waals surface area contributed by atoms with Crippen molar-refractivity contribution in [3.63, 3.8) is 0 Å². The molecule has 2 heterocycles. The van der Waals surface area contributed by atoms with Crippen LogP contribution in [0.3, 0.4) is 0 Å². The first-order chi connectivity index (χ1) is 9.24. The number of ether oxygens (including phenoxy) is 1. The molecule has 3 rings (SSSR count). The monoisotopic (exact) mass is 280 g/mol. The zero-order valence-electron chi connectivity index (χ0n) is 10.2. The number of nitrogen functional groups attached to an aromatic ring is 1. The summed E-state index contributed by atoms with van der Waals surface area (Å²) in [6, 6.07) is 5.18. The summed E-state index contributed by atoms with van der Waals surface area (Å²) in [6.45, 7) is 2.86. The summed E-state index contributed by atoms with van der Waals surface area (Å²) in [7, 11) is 0. The maximum Gasteiger partial charge on any atom is 0.266 e. The second kappa shape index (κ2) is 5.07. The zero-order chi connectivity index (χ0) is 13.2. The lowest BCUT2D eigenvalue weighted by Crippen LogP contribution is -2.36. The molecule has 0 aliphatic carbocycles. The van der Waals surface area contributed by atoms with E-state index in [-0.39, 0.29) is 0 Å². The summed E-state index contributed by atoms with van der Waals surface area (Å²) >= 11 is 6.12. The van der Waals surface area contributed by atoms with Crippen LogP contribution in [0.4, 0.5) is 11.6 Å². The molecule has 100 valence electrons. The van der Waals surface area contributed by atoms with Gasteiger partial charge in [-0.2, -0.15) is 4.98 Å². The molecule has 0 unspecified atom stereocenters.